The molecule has 1 fully saturated rings. The fraction of sp³-hybridized carbons (Fsp3) is 0.368. The van der Waals surface area contributed by atoms with E-state index >= 15 is 0 Å². The molecule has 0 spiro atoms. The third-order valence-electron chi connectivity index (χ3n) is 5.09. The quantitative estimate of drug-likeness (QED) is 0.842. The van der Waals surface area contributed by atoms with Crippen LogP contribution in [0.2, 0.25) is 0 Å². The zero-order valence-electron chi connectivity index (χ0n) is 15.4. The van der Waals surface area contributed by atoms with Gasteiger partial charge in [-0.05, 0) is 63.8 Å². The predicted octanol–water partition coefficient (Wildman–Crippen LogP) is 2.66. The lowest BCUT2D eigenvalue weighted by Gasteiger charge is -2.32. The minimum atomic E-state index is -0.808. The first-order valence-corrected chi connectivity index (χ1v) is 8.35. The fourth-order valence-electron chi connectivity index (χ4n) is 2.96. The van der Waals surface area contributed by atoms with Gasteiger partial charge < -0.3 is 14.3 Å². The first-order chi connectivity index (χ1) is 12.1. The first kappa shape index (κ1) is 18.4. The molecule has 2 aromatic rings. The predicted molar refractivity (Wildman–Crippen MR) is 97.6 cm³/mol. The van der Waals surface area contributed by atoms with E-state index in [1.807, 2.05) is 33.8 Å². The first-order valence-electron chi connectivity index (χ1n) is 8.35. The van der Waals surface area contributed by atoms with Crippen molar-refractivity contribution in [2.75, 3.05) is 0 Å². The van der Waals surface area contributed by atoms with Crippen molar-refractivity contribution >= 4 is 12.6 Å². The van der Waals surface area contributed by atoms with Crippen molar-refractivity contribution in [1.29, 1.82) is 5.26 Å². The lowest BCUT2D eigenvalue weighted by atomic mass is 9.74. The van der Waals surface area contributed by atoms with E-state index < -0.39 is 29.7 Å². The number of benzene rings is 1. The van der Waals surface area contributed by atoms with Gasteiger partial charge in [-0.3, -0.25) is 4.79 Å². The van der Waals surface area contributed by atoms with Crippen LogP contribution in [-0.4, -0.2) is 23.3 Å². The molecule has 0 bridgehead atoms. The summed E-state index contributed by atoms with van der Waals surface area (Å²) in [5.41, 5.74) is 0.325. The summed E-state index contributed by atoms with van der Waals surface area (Å²) < 4.78 is 26.1. The van der Waals surface area contributed by atoms with E-state index in [2.05, 4.69) is 4.98 Å². The van der Waals surface area contributed by atoms with Crippen LogP contribution in [0.3, 0.4) is 0 Å². The van der Waals surface area contributed by atoms with Gasteiger partial charge in [-0.15, -0.1) is 0 Å². The molecule has 1 N–H and O–H groups in total. The van der Waals surface area contributed by atoms with Crippen molar-refractivity contribution in [2.45, 2.75) is 45.8 Å². The molecule has 0 amide bonds. The number of pyridine rings is 1. The summed E-state index contributed by atoms with van der Waals surface area (Å²) in [6.45, 7) is 9.35. The molecule has 0 aliphatic carbocycles. The highest BCUT2D eigenvalue weighted by atomic mass is 19.1. The molecule has 3 rings (SSSR count). The van der Waals surface area contributed by atoms with Gasteiger partial charge in [0.05, 0.1) is 11.2 Å². The molecule has 2 heterocycles. The monoisotopic (exact) mass is 354 g/mol. The Hall–Kier alpha value is -2.43. The minimum absolute atomic E-state index is 0.0278. The van der Waals surface area contributed by atoms with Crippen molar-refractivity contribution in [1.82, 2.24) is 4.98 Å². The molecular weight excluding hydrogens is 334 g/mol. The van der Waals surface area contributed by atoms with Gasteiger partial charge in [0.25, 0.3) is 5.56 Å². The van der Waals surface area contributed by atoms with Gasteiger partial charge in [0.15, 0.2) is 0 Å². The van der Waals surface area contributed by atoms with Crippen molar-refractivity contribution in [2.24, 2.45) is 0 Å². The number of aromatic nitrogens is 1. The van der Waals surface area contributed by atoms with Crippen LogP contribution in [0.25, 0.3) is 11.1 Å². The number of nitrogens with one attached hydrogen (secondary N) is 1. The molecule has 1 aliphatic rings. The maximum atomic E-state index is 14.0. The van der Waals surface area contributed by atoms with Crippen molar-refractivity contribution in [3.05, 3.63) is 51.7 Å². The molecule has 1 aromatic heterocycles. The minimum Gasteiger partial charge on any atom is -0.399 e. The van der Waals surface area contributed by atoms with Gasteiger partial charge in [0, 0.05) is 11.3 Å². The normalized spacial score (nSPS) is 18.0. The zero-order valence-corrected chi connectivity index (χ0v) is 15.4. The number of hydrogen-bond acceptors (Lipinski definition) is 4. The van der Waals surface area contributed by atoms with Gasteiger partial charge in [-0.25, -0.2) is 4.39 Å². The van der Waals surface area contributed by atoms with Crippen LogP contribution in [-0.2, 0) is 9.31 Å². The second kappa shape index (κ2) is 6.08. The van der Waals surface area contributed by atoms with Gasteiger partial charge in [0.1, 0.15) is 17.4 Å². The van der Waals surface area contributed by atoms with E-state index in [1.165, 1.54) is 12.1 Å². The Bertz CT molecular complexity index is 960. The molecule has 1 aromatic carbocycles. The number of rotatable bonds is 2. The molecule has 0 atom stereocenters. The largest absolute Gasteiger partial charge is 0.495 e. The molecule has 0 saturated carbocycles. The highest BCUT2D eigenvalue weighted by Gasteiger charge is 2.52. The average Bonchev–Trinajstić information content (AvgIpc) is 2.74. The Kier molecular flexibility index (Phi) is 4.30. The van der Waals surface area contributed by atoms with E-state index in [-0.39, 0.29) is 5.56 Å². The molecule has 5 nitrogen and oxygen atoms in total. The van der Waals surface area contributed by atoms with Crippen LogP contribution in [0.4, 0.5) is 4.39 Å². The lowest BCUT2D eigenvalue weighted by molar-refractivity contribution is 0.00578. The fourth-order valence-corrected chi connectivity index (χ4v) is 2.96. The van der Waals surface area contributed by atoms with Crippen molar-refractivity contribution in [3.8, 4) is 17.2 Å². The SMILES string of the molecule is Cc1cc(-c2ccc(F)cc2B2OC(C)(C)C(C)(C)O2)c(C#N)c(=O)[nH]1. The Morgan fingerprint density at radius 2 is 1.73 bits per heavy atom. The van der Waals surface area contributed by atoms with Crippen molar-refractivity contribution < 1.29 is 13.7 Å². The van der Waals surface area contributed by atoms with Gasteiger partial charge in [-0.1, -0.05) is 6.07 Å². The Morgan fingerprint density at radius 3 is 2.31 bits per heavy atom. The molecule has 1 aliphatic heterocycles. The van der Waals surface area contributed by atoms with Crippen LogP contribution >= 0.6 is 0 Å². The molecule has 26 heavy (non-hydrogen) atoms. The zero-order chi connectivity index (χ0) is 19.3. The summed E-state index contributed by atoms with van der Waals surface area (Å²) in [5.74, 6) is -0.446. The molecular formula is C19H20BFN2O3. The van der Waals surface area contributed by atoms with Gasteiger partial charge in [0.2, 0.25) is 0 Å². The van der Waals surface area contributed by atoms with Crippen LogP contribution in [0.5, 0.6) is 0 Å². The third kappa shape index (κ3) is 2.96. The second-order valence-corrected chi connectivity index (χ2v) is 7.50. The van der Waals surface area contributed by atoms with E-state index in [9.17, 15) is 14.4 Å². The number of hydrogen-bond donors (Lipinski definition) is 1. The molecule has 0 unspecified atom stereocenters. The molecule has 0 radical (unpaired) electrons. The van der Waals surface area contributed by atoms with Crippen LogP contribution in [0.1, 0.15) is 39.0 Å². The average molecular weight is 354 g/mol. The van der Waals surface area contributed by atoms with E-state index in [0.717, 1.165) is 0 Å². The highest BCUT2D eigenvalue weighted by Crippen LogP contribution is 2.37. The number of nitriles is 1. The highest BCUT2D eigenvalue weighted by molar-refractivity contribution is 6.63. The number of nitrogens with zero attached hydrogens (tertiary/aromatic N) is 1. The smallest absolute Gasteiger partial charge is 0.399 e. The lowest BCUT2D eigenvalue weighted by Crippen LogP contribution is -2.41. The van der Waals surface area contributed by atoms with E-state index in [0.29, 0.717) is 22.3 Å². The summed E-state index contributed by atoms with van der Waals surface area (Å²) in [6.07, 6.45) is 0. The number of aryl methyl sites for hydroxylation is 1. The maximum absolute atomic E-state index is 14.0. The van der Waals surface area contributed by atoms with E-state index in [4.69, 9.17) is 9.31 Å². The topological polar surface area (TPSA) is 75.1 Å². The molecule has 7 heteroatoms. The summed E-state index contributed by atoms with van der Waals surface area (Å²) >= 11 is 0. The Morgan fingerprint density at radius 1 is 1.12 bits per heavy atom. The standard InChI is InChI=1S/C19H20BFN2O3/c1-11-8-14(15(10-22)17(24)23-11)13-7-6-12(21)9-16(13)20-25-18(2,3)19(4,5)26-20/h6-9H,1-5H3,(H,23,24). The summed E-state index contributed by atoms with van der Waals surface area (Å²) in [5, 5.41) is 9.42. The number of aromatic amines is 1. The van der Waals surface area contributed by atoms with Crippen LogP contribution in [0, 0.1) is 24.1 Å². The van der Waals surface area contributed by atoms with Gasteiger partial charge >= 0.3 is 7.12 Å². The second-order valence-electron chi connectivity index (χ2n) is 7.50. The van der Waals surface area contributed by atoms with Crippen LogP contribution in [0.15, 0.2) is 29.1 Å². The summed E-state index contributed by atoms with van der Waals surface area (Å²) in [4.78, 5) is 14.8. The van der Waals surface area contributed by atoms with Gasteiger partial charge in [-0.2, -0.15) is 5.26 Å². The molecule has 1 saturated heterocycles. The Labute approximate surface area is 151 Å². The summed E-state index contributed by atoms with van der Waals surface area (Å²) in [7, 11) is -0.808. The molecule has 134 valence electrons. The van der Waals surface area contributed by atoms with Crippen LogP contribution < -0.4 is 11.0 Å². The van der Waals surface area contributed by atoms with E-state index in [1.54, 1.807) is 19.1 Å². The number of halogens is 1. The maximum Gasteiger partial charge on any atom is 0.495 e. The number of H-pyrrole nitrogens is 1. The van der Waals surface area contributed by atoms with Crippen molar-refractivity contribution in [3.63, 3.8) is 0 Å². The Balaban J connectivity index is 2.22. The third-order valence-corrected chi connectivity index (χ3v) is 5.09. The summed E-state index contributed by atoms with van der Waals surface area (Å²) in [6, 6.07) is 7.80.